The van der Waals surface area contributed by atoms with Crippen LogP contribution in [0.4, 0.5) is 11.4 Å². The fourth-order valence-electron chi connectivity index (χ4n) is 2.92. The Morgan fingerprint density at radius 3 is 2.78 bits per heavy atom. The van der Waals surface area contributed by atoms with E-state index in [0.29, 0.717) is 6.10 Å². The molecule has 0 amide bonds. The van der Waals surface area contributed by atoms with E-state index in [-0.39, 0.29) is 12.4 Å². The summed E-state index contributed by atoms with van der Waals surface area (Å²) in [5.41, 5.74) is 7.79. The summed E-state index contributed by atoms with van der Waals surface area (Å²) in [5.74, 6) is 0. The molecule has 2 N–H and O–H groups in total. The van der Waals surface area contributed by atoms with Gasteiger partial charge in [-0.3, -0.25) is 0 Å². The molecule has 1 unspecified atom stereocenters. The summed E-state index contributed by atoms with van der Waals surface area (Å²) >= 11 is 0. The van der Waals surface area contributed by atoms with E-state index in [1.807, 2.05) is 19.2 Å². The van der Waals surface area contributed by atoms with Crippen molar-refractivity contribution in [3.63, 3.8) is 0 Å². The van der Waals surface area contributed by atoms with Gasteiger partial charge >= 0.3 is 0 Å². The molecule has 0 bridgehead atoms. The molecular weight excluding hydrogens is 312 g/mol. The fraction of sp³-hybridized carbons (Fsp3) is 0.471. The molecule has 1 aromatic carbocycles. The number of benzene rings is 1. The van der Waals surface area contributed by atoms with Gasteiger partial charge in [0.05, 0.1) is 26.3 Å². The molecule has 5 nitrogen and oxygen atoms in total. The van der Waals surface area contributed by atoms with Crippen LogP contribution in [0.2, 0.25) is 0 Å². The molecule has 0 saturated carbocycles. The summed E-state index contributed by atoms with van der Waals surface area (Å²) in [7, 11) is 2.04. The van der Waals surface area contributed by atoms with E-state index < -0.39 is 0 Å². The minimum atomic E-state index is 0. The number of imidazole rings is 1. The van der Waals surface area contributed by atoms with Gasteiger partial charge in [-0.2, -0.15) is 0 Å². The lowest BCUT2D eigenvalue weighted by Gasteiger charge is -2.18. The monoisotopic (exact) mass is 336 g/mol. The van der Waals surface area contributed by atoms with Crippen LogP contribution in [0.15, 0.2) is 43.0 Å². The maximum absolute atomic E-state index is 6.02. The van der Waals surface area contributed by atoms with Crippen LogP contribution in [0.1, 0.15) is 12.8 Å². The van der Waals surface area contributed by atoms with E-state index in [9.17, 15) is 0 Å². The van der Waals surface area contributed by atoms with Gasteiger partial charge in [0.2, 0.25) is 6.33 Å². The van der Waals surface area contributed by atoms with E-state index in [1.165, 1.54) is 5.69 Å². The van der Waals surface area contributed by atoms with Crippen molar-refractivity contribution in [3.8, 4) is 0 Å². The molecule has 2 aromatic rings. The zero-order valence-electron chi connectivity index (χ0n) is 13.6. The Balaban J connectivity index is 0.00000192. The lowest BCUT2D eigenvalue weighted by molar-refractivity contribution is -0.671. The molecular formula is C17H25ClN4O. The molecule has 0 aliphatic carbocycles. The normalized spacial score (nSPS) is 17.3. The SMILES string of the molecule is C[n+]1ccn(CCCOC2CCN(c3ccc(N)cc3)C2)c1.[Cl-]. The second-order valence-electron chi connectivity index (χ2n) is 5.99. The van der Waals surface area contributed by atoms with E-state index in [1.54, 1.807) is 0 Å². The predicted molar refractivity (Wildman–Crippen MR) is 87.6 cm³/mol. The molecule has 1 aromatic heterocycles. The maximum atomic E-state index is 6.02. The number of rotatable bonds is 6. The largest absolute Gasteiger partial charge is 1.00 e. The summed E-state index contributed by atoms with van der Waals surface area (Å²) in [6.07, 6.45) is 8.74. The van der Waals surface area contributed by atoms with Crippen LogP contribution in [-0.4, -0.2) is 30.4 Å². The topological polar surface area (TPSA) is 47.3 Å². The fourth-order valence-corrected chi connectivity index (χ4v) is 2.92. The molecule has 0 spiro atoms. The lowest BCUT2D eigenvalue weighted by atomic mass is 10.2. The van der Waals surface area contributed by atoms with Crippen LogP contribution in [0.25, 0.3) is 0 Å². The van der Waals surface area contributed by atoms with Gasteiger partial charge in [0.1, 0.15) is 12.4 Å². The van der Waals surface area contributed by atoms with Gasteiger partial charge < -0.3 is 27.8 Å². The Hall–Kier alpha value is -1.72. The second-order valence-corrected chi connectivity index (χ2v) is 5.99. The molecule has 0 radical (unpaired) electrons. The molecule has 1 aliphatic rings. The third-order valence-electron chi connectivity index (χ3n) is 4.14. The van der Waals surface area contributed by atoms with Gasteiger partial charge in [-0.25, -0.2) is 9.13 Å². The summed E-state index contributed by atoms with van der Waals surface area (Å²) in [6.45, 7) is 3.86. The van der Waals surface area contributed by atoms with Crippen molar-refractivity contribution >= 4 is 11.4 Å². The smallest absolute Gasteiger partial charge is 0.243 e. The lowest BCUT2D eigenvalue weighted by Crippen LogP contribution is -3.00. The Kier molecular flexibility index (Phi) is 6.30. The molecule has 1 fully saturated rings. The molecule has 1 atom stereocenters. The zero-order chi connectivity index (χ0) is 15.4. The van der Waals surface area contributed by atoms with Crippen molar-refractivity contribution in [3.05, 3.63) is 43.0 Å². The first kappa shape index (κ1) is 17.6. The van der Waals surface area contributed by atoms with E-state index >= 15 is 0 Å². The molecule has 126 valence electrons. The van der Waals surface area contributed by atoms with Crippen LogP contribution in [-0.2, 0) is 18.3 Å². The highest BCUT2D eigenvalue weighted by molar-refractivity contribution is 5.53. The number of anilines is 2. The predicted octanol–water partition coefficient (Wildman–Crippen LogP) is -1.42. The van der Waals surface area contributed by atoms with Gasteiger partial charge in [-0.05, 0) is 30.7 Å². The third-order valence-corrected chi connectivity index (χ3v) is 4.14. The minimum Gasteiger partial charge on any atom is -1.00 e. The number of hydrogen-bond donors (Lipinski definition) is 1. The molecule has 6 heteroatoms. The van der Waals surface area contributed by atoms with E-state index in [2.05, 4.69) is 44.9 Å². The number of nitrogens with zero attached hydrogens (tertiary/aromatic N) is 3. The number of nitrogens with two attached hydrogens (primary N) is 1. The van der Waals surface area contributed by atoms with Gasteiger partial charge in [0, 0.05) is 30.9 Å². The third kappa shape index (κ3) is 4.88. The molecule has 1 aliphatic heterocycles. The van der Waals surface area contributed by atoms with Crippen molar-refractivity contribution in [2.75, 3.05) is 30.3 Å². The molecule has 1 saturated heterocycles. The molecule has 2 heterocycles. The van der Waals surface area contributed by atoms with Crippen molar-refractivity contribution in [2.24, 2.45) is 7.05 Å². The Morgan fingerprint density at radius 1 is 1.30 bits per heavy atom. The highest BCUT2D eigenvalue weighted by atomic mass is 35.5. The summed E-state index contributed by atoms with van der Waals surface area (Å²) in [5, 5.41) is 0. The highest BCUT2D eigenvalue weighted by Gasteiger charge is 2.23. The Morgan fingerprint density at radius 2 is 2.09 bits per heavy atom. The van der Waals surface area contributed by atoms with E-state index in [0.717, 1.165) is 44.8 Å². The highest BCUT2D eigenvalue weighted by Crippen LogP contribution is 2.22. The number of halogens is 1. The number of ether oxygens (including phenoxy) is 1. The second kappa shape index (κ2) is 8.22. The standard InChI is InChI=1S/C17H25N4O.ClH/c1-19-10-11-20(14-19)8-2-12-22-17-7-9-21(13-17)16-5-3-15(18)4-6-16;/h3-6,10-11,14,17H,2,7-9,12-13,18H2,1H3;1H/q+1;/p-1. The zero-order valence-corrected chi connectivity index (χ0v) is 14.3. The Bertz CT molecular complexity index is 599. The minimum absolute atomic E-state index is 0. The van der Waals surface area contributed by atoms with Crippen LogP contribution in [0, 0.1) is 0 Å². The average molecular weight is 337 g/mol. The van der Waals surface area contributed by atoms with Gasteiger partial charge in [0.25, 0.3) is 0 Å². The van der Waals surface area contributed by atoms with E-state index in [4.69, 9.17) is 10.5 Å². The first-order chi connectivity index (χ1) is 10.7. The molecule has 23 heavy (non-hydrogen) atoms. The van der Waals surface area contributed by atoms with Crippen molar-refractivity contribution in [1.29, 1.82) is 0 Å². The van der Waals surface area contributed by atoms with Crippen LogP contribution >= 0.6 is 0 Å². The van der Waals surface area contributed by atoms with Crippen LogP contribution < -0.4 is 27.6 Å². The first-order valence-corrected chi connectivity index (χ1v) is 7.94. The number of hydrogen-bond acceptors (Lipinski definition) is 3. The van der Waals surface area contributed by atoms with Crippen molar-refractivity contribution in [2.45, 2.75) is 25.5 Å². The van der Waals surface area contributed by atoms with Crippen molar-refractivity contribution < 1.29 is 21.7 Å². The van der Waals surface area contributed by atoms with Crippen molar-refractivity contribution in [1.82, 2.24) is 4.57 Å². The number of aromatic nitrogens is 2. The number of aryl methyl sites for hydroxylation is 2. The molecule has 3 rings (SSSR count). The Labute approximate surface area is 144 Å². The van der Waals surface area contributed by atoms with Gasteiger partial charge in [0.15, 0.2) is 0 Å². The maximum Gasteiger partial charge on any atom is 0.243 e. The summed E-state index contributed by atoms with van der Waals surface area (Å²) < 4.78 is 10.3. The quantitative estimate of drug-likeness (QED) is 0.400. The summed E-state index contributed by atoms with van der Waals surface area (Å²) in [4.78, 5) is 2.37. The van der Waals surface area contributed by atoms with Gasteiger partial charge in [-0.1, -0.05) is 0 Å². The summed E-state index contributed by atoms with van der Waals surface area (Å²) in [6, 6.07) is 8.09. The first-order valence-electron chi connectivity index (χ1n) is 7.94. The van der Waals surface area contributed by atoms with Crippen LogP contribution in [0.5, 0.6) is 0 Å². The van der Waals surface area contributed by atoms with Crippen LogP contribution in [0.3, 0.4) is 0 Å². The average Bonchev–Trinajstić information content (AvgIpc) is 3.14. The number of nitrogen functional groups attached to an aromatic ring is 1. The van der Waals surface area contributed by atoms with Gasteiger partial charge in [-0.15, -0.1) is 0 Å².